The molecule has 2 aliphatic rings. The molecule has 2 aromatic rings. The van der Waals surface area contributed by atoms with Gasteiger partial charge in [-0.3, -0.25) is 9.78 Å². The molecule has 0 bridgehead atoms. The lowest BCUT2D eigenvalue weighted by atomic mass is 10.1. The molecule has 0 spiro atoms. The van der Waals surface area contributed by atoms with Crippen LogP contribution in [0.2, 0.25) is 0 Å². The number of rotatable bonds is 4. The topological polar surface area (TPSA) is 55.3 Å². The number of fused-ring (bicyclic) bond motifs is 1. The van der Waals surface area contributed by atoms with Crippen molar-refractivity contribution in [2.75, 3.05) is 13.2 Å². The van der Waals surface area contributed by atoms with Crippen molar-refractivity contribution in [3.8, 4) is 5.88 Å². The van der Waals surface area contributed by atoms with Gasteiger partial charge in [-0.15, -0.1) is 0 Å². The third-order valence-electron chi connectivity index (χ3n) is 4.36. The SMILES string of the molecule is O=C(c1ccccn1)N1CCc2nc(OCC3CC3)ccc2C1. The molecular weight excluding hydrogens is 290 g/mol. The average molecular weight is 309 g/mol. The fourth-order valence-electron chi connectivity index (χ4n) is 2.79. The van der Waals surface area contributed by atoms with E-state index in [1.165, 1.54) is 12.8 Å². The number of carbonyl (C=O) groups is 1. The molecule has 1 saturated carbocycles. The molecule has 1 aliphatic carbocycles. The Balaban J connectivity index is 1.45. The summed E-state index contributed by atoms with van der Waals surface area (Å²) >= 11 is 0. The number of hydrogen-bond acceptors (Lipinski definition) is 4. The number of aromatic nitrogens is 2. The number of pyridine rings is 2. The predicted octanol–water partition coefficient (Wildman–Crippen LogP) is 2.46. The summed E-state index contributed by atoms with van der Waals surface area (Å²) in [5.41, 5.74) is 2.64. The zero-order valence-electron chi connectivity index (χ0n) is 12.9. The molecule has 0 atom stereocenters. The van der Waals surface area contributed by atoms with Gasteiger partial charge in [0.25, 0.3) is 5.91 Å². The van der Waals surface area contributed by atoms with Gasteiger partial charge in [0.1, 0.15) is 5.69 Å². The highest BCUT2D eigenvalue weighted by molar-refractivity contribution is 5.92. The van der Waals surface area contributed by atoms with E-state index in [4.69, 9.17) is 4.74 Å². The molecule has 0 N–H and O–H groups in total. The van der Waals surface area contributed by atoms with Crippen LogP contribution in [0.25, 0.3) is 0 Å². The maximum Gasteiger partial charge on any atom is 0.272 e. The quantitative estimate of drug-likeness (QED) is 0.870. The standard InChI is InChI=1S/C18H19N3O2/c22-18(16-3-1-2-9-19-16)21-10-8-15-14(11-21)6-7-17(20-15)23-12-13-4-5-13/h1-3,6-7,9,13H,4-5,8,10-12H2. The number of ether oxygens (including phenoxy) is 1. The molecule has 2 aromatic heterocycles. The van der Waals surface area contributed by atoms with Crippen molar-refractivity contribution in [1.82, 2.24) is 14.9 Å². The van der Waals surface area contributed by atoms with Crippen molar-refractivity contribution in [2.24, 2.45) is 5.92 Å². The Morgan fingerprint density at radius 3 is 2.96 bits per heavy atom. The second kappa shape index (κ2) is 5.99. The Labute approximate surface area is 135 Å². The van der Waals surface area contributed by atoms with Gasteiger partial charge in [0.2, 0.25) is 5.88 Å². The van der Waals surface area contributed by atoms with E-state index in [0.29, 0.717) is 24.7 Å². The Hall–Kier alpha value is -2.43. The first-order chi connectivity index (χ1) is 11.3. The van der Waals surface area contributed by atoms with E-state index in [1.54, 1.807) is 12.3 Å². The van der Waals surface area contributed by atoms with Gasteiger partial charge in [0.05, 0.1) is 12.3 Å². The van der Waals surface area contributed by atoms with E-state index in [0.717, 1.165) is 30.2 Å². The van der Waals surface area contributed by atoms with E-state index in [-0.39, 0.29) is 5.91 Å². The number of nitrogens with zero attached hydrogens (tertiary/aromatic N) is 3. The highest BCUT2D eigenvalue weighted by Crippen LogP contribution is 2.29. The summed E-state index contributed by atoms with van der Waals surface area (Å²) in [7, 11) is 0. The first-order valence-electron chi connectivity index (χ1n) is 8.11. The third kappa shape index (κ3) is 3.18. The second-order valence-electron chi connectivity index (χ2n) is 6.20. The van der Waals surface area contributed by atoms with Gasteiger partial charge in [0.15, 0.2) is 0 Å². The monoisotopic (exact) mass is 309 g/mol. The Kier molecular flexibility index (Phi) is 3.69. The van der Waals surface area contributed by atoms with Gasteiger partial charge in [-0.1, -0.05) is 12.1 Å². The van der Waals surface area contributed by atoms with Crippen molar-refractivity contribution in [3.63, 3.8) is 0 Å². The highest BCUT2D eigenvalue weighted by atomic mass is 16.5. The molecule has 5 heteroatoms. The minimum atomic E-state index is -0.0229. The van der Waals surface area contributed by atoms with Gasteiger partial charge >= 0.3 is 0 Å². The van der Waals surface area contributed by atoms with Crippen LogP contribution in [-0.4, -0.2) is 33.9 Å². The zero-order valence-corrected chi connectivity index (χ0v) is 12.9. The minimum Gasteiger partial charge on any atom is -0.477 e. The largest absolute Gasteiger partial charge is 0.477 e. The first kappa shape index (κ1) is 14.2. The maximum absolute atomic E-state index is 12.5. The van der Waals surface area contributed by atoms with Gasteiger partial charge in [0, 0.05) is 31.8 Å². The Morgan fingerprint density at radius 1 is 1.26 bits per heavy atom. The van der Waals surface area contributed by atoms with Crippen LogP contribution in [0.4, 0.5) is 0 Å². The van der Waals surface area contributed by atoms with Crippen LogP contribution >= 0.6 is 0 Å². The van der Waals surface area contributed by atoms with Gasteiger partial charge in [-0.05, 0) is 36.5 Å². The number of carbonyl (C=O) groups excluding carboxylic acids is 1. The molecule has 0 aromatic carbocycles. The van der Waals surface area contributed by atoms with Crippen molar-refractivity contribution in [1.29, 1.82) is 0 Å². The van der Waals surface area contributed by atoms with E-state index < -0.39 is 0 Å². The highest BCUT2D eigenvalue weighted by Gasteiger charge is 2.25. The van der Waals surface area contributed by atoms with Crippen LogP contribution in [0.5, 0.6) is 5.88 Å². The third-order valence-corrected chi connectivity index (χ3v) is 4.36. The molecule has 23 heavy (non-hydrogen) atoms. The summed E-state index contributed by atoms with van der Waals surface area (Å²) in [5.74, 6) is 1.41. The molecule has 1 fully saturated rings. The molecule has 1 amide bonds. The van der Waals surface area contributed by atoms with Crippen molar-refractivity contribution in [2.45, 2.75) is 25.8 Å². The van der Waals surface area contributed by atoms with E-state index in [1.807, 2.05) is 29.2 Å². The molecule has 0 saturated heterocycles. The van der Waals surface area contributed by atoms with Crippen LogP contribution in [0.1, 0.15) is 34.6 Å². The van der Waals surface area contributed by atoms with Crippen LogP contribution in [0.15, 0.2) is 36.5 Å². The summed E-state index contributed by atoms with van der Waals surface area (Å²) in [6.45, 7) is 2.03. The van der Waals surface area contributed by atoms with Gasteiger partial charge in [-0.2, -0.15) is 0 Å². The normalized spacial score (nSPS) is 16.8. The summed E-state index contributed by atoms with van der Waals surface area (Å²) < 4.78 is 5.74. The van der Waals surface area contributed by atoms with Crippen LogP contribution in [0.3, 0.4) is 0 Å². The second-order valence-corrected chi connectivity index (χ2v) is 6.20. The fourth-order valence-corrected chi connectivity index (χ4v) is 2.79. The van der Waals surface area contributed by atoms with Gasteiger partial charge < -0.3 is 9.64 Å². The van der Waals surface area contributed by atoms with E-state index in [9.17, 15) is 4.79 Å². The molecular formula is C18H19N3O2. The maximum atomic E-state index is 12.5. The summed E-state index contributed by atoms with van der Waals surface area (Å²) in [6.07, 6.45) is 4.95. The minimum absolute atomic E-state index is 0.0229. The molecule has 4 rings (SSSR count). The lowest BCUT2D eigenvalue weighted by molar-refractivity contribution is 0.0727. The lowest BCUT2D eigenvalue weighted by Gasteiger charge is -2.28. The summed E-state index contributed by atoms with van der Waals surface area (Å²) in [5, 5.41) is 0. The summed E-state index contributed by atoms with van der Waals surface area (Å²) in [4.78, 5) is 23.1. The Bertz CT molecular complexity index is 713. The molecule has 1 aliphatic heterocycles. The van der Waals surface area contributed by atoms with Crippen molar-refractivity contribution in [3.05, 3.63) is 53.5 Å². The van der Waals surface area contributed by atoms with Crippen molar-refractivity contribution >= 4 is 5.91 Å². The van der Waals surface area contributed by atoms with Gasteiger partial charge in [-0.25, -0.2) is 4.98 Å². The van der Waals surface area contributed by atoms with Crippen LogP contribution in [-0.2, 0) is 13.0 Å². The van der Waals surface area contributed by atoms with Crippen LogP contribution in [0, 0.1) is 5.92 Å². The molecule has 0 unspecified atom stereocenters. The fraction of sp³-hybridized carbons (Fsp3) is 0.389. The molecule has 0 radical (unpaired) electrons. The lowest BCUT2D eigenvalue weighted by Crippen LogP contribution is -2.36. The first-order valence-corrected chi connectivity index (χ1v) is 8.11. The van der Waals surface area contributed by atoms with E-state index in [2.05, 4.69) is 9.97 Å². The Morgan fingerprint density at radius 2 is 2.17 bits per heavy atom. The number of hydrogen-bond donors (Lipinski definition) is 0. The molecule has 3 heterocycles. The van der Waals surface area contributed by atoms with Crippen molar-refractivity contribution < 1.29 is 9.53 Å². The number of amides is 1. The zero-order chi connectivity index (χ0) is 15.6. The molecule has 5 nitrogen and oxygen atoms in total. The average Bonchev–Trinajstić information content (AvgIpc) is 3.44. The smallest absolute Gasteiger partial charge is 0.272 e. The van der Waals surface area contributed by atoms with E-state index >= 15 is 0 Å². The molecule has 118 valence electrons. The van der Waals surface area contributed by atoms with Crippen LogP contribution < -0.4 is 4.74 Å². The summed E-state index contributed by atoms with van der Waals surface area (Å²) in [6, 6.07) is 9.35. The predicted molar refractivity (Wildman–Crippen MR) is 85.1 cm³/mol.